The number of hydrogen-bond donors (Lipinski definition) is 1. The summed E-state index contributed by atoms with van der Waals surface area (Å²) in [5.41, 5.74) is 7.17. The first-order valence-corrected chi connectivity index (χ1v) is 6.20. The summed E-state index contributed by atoms with van der Waals surface area (Å²) >= 11 is 12.3. The third-order valence-corrected chi connectivity index (χ3v) is 3.78. The van der Waals surface area contributed by atoms with Crippen molar-refractivity contribution >= 4 is 34.6 Å². The summed E-state index contributed by atoms with van der Waals surface area (Å²) in [6, 6.07) is 3.49. The smallest absolute Gasteiger partial charge is 0.0744 e. The Labute approximate surface area is 106 Å². The summed E-state index contributed by atoms with van der Waals surface area (Å²) in [6.07, 6.45) is 1.30. The first-order valence-electron chi connectivity index (χ1n) is 5.44. The lowest BCUT2D eigenvalue weighted by atomic mass is 10.2. The van der Waals surface area contributed by atoms with E-state index < -0.39 is 0 Å². The Hall–Kier alpha value is -0.600. The molecule has 0 radical (unpaired) electrons. The lowest BCUT2D eigenvalue weighted by Gasteiger charge is -2.22. The second-order valence-electron chi connectivity index (χ2n) is 4.69. The van der Waals surface area contributed by atoms with Crippen LogP contribution < -0.4 is 10.6 Å². The molecule has 1 fully saturated rings. The first kappa shape index (κ1) is 11.9. The van der Waals surface area contributed by atoms with Crippen molar-refractivity contribution in [2.45, 2.75) is 13.3 Å². The Bertz CT molecular complexity index is 383. The van der Waals surface area contributed by atoms with Crippen molar-refractivity contribution in [1.29, 1.82) is 0 Å². The fraction of sp³-hybridized carbons (Fsp3) is 0.500. The zero-order valence-corrected chi connectivity index (χ0v) is 11.0. The van der Waals surface area contributed by atoms with E-state index >= 15 is 0 Å². The lowest BCUT2D eigenvalue weighted by molar-refractivity contribution is 0.725. The van der Waals surface area contributed by atoms with E-state index in [4.69, 9.17) is 28.9 Å². The molecule has 0 spiro atoms. The Balaban J connectivity index is 2.18. The molecule has 0 bridgehead atoms. The summed E-state index contributed by atoms with van der Waals surface area (Å²) in [6.45, 7) is 3.27. The van der Waals surface area contributed by atoms with Gasteiger partial charge in [0.25, 0.3) is 0 Å². The minimum Gasteiger partial charge on any atom is -0.399 e. The molecule has 2 rings (SSSR count). The van der Waals surface area contributed by atoms with E-state index in [9.17, 15) is 0 Å². The van der Waals surface area contributed by atoms with Gasteiger partial charge in [0.1, 0.15) is 0 Å². The maximum Gasteiger partial charge on any atom is 0.0744 e. The van der Waals surface area contributed by atoms with Crippen LogP contribution in [0.5, 0.6) is 0 Å². The minimum atomic E-state index is 0.604. The van der Waals surface area contributed by atoms with Gasteiger partial charge in [-0.3, -0.25) is 0 Å². The third-order valence-electron chi connectivity index (χ3n) is 3.21. The molecule has 4 heteroatoms. The maximum atomic E-state index is 6.16. The maximum absolute atomic E-state index is 6.16. The molecule has 0 saturated heterocycles. The number of rotatable bonds is 3. The SMILES string of the molecule is CC1CC1CN(C)c1c(Cl)cc(N)cc1Cl. The molecule has 1 aliphatic carbocycles. The molecule has 0 aliphatic heterocycles. The number of anilines is 2. The molecule has 1 aromatic rings. The van der Waals surface area contributed by atoms with Gasteiger partial charge < -0.3 is 10.6 Å². The molecule has 1 saturated carbocycles. The predicted octanol–water partition coefficient (Wildman–Crippen LogP) is 3.67. The van der Waals surface area contributed by atoms with E-state index in [1.807, 2.05) is 7.05 Å². The normalized spacial score (nSPS) is 23.2. The van der Waals surface area contributed by atoms with Gasteiger partial charge in [0, 0.05) is 19.3 Å². The van der Waals surface area contributed by atoms with Crippen molar-refractivity contribution in [1.82, 2.24) is 0 Å². The number of nitrogens with zero attached hydrogens (tertiary/aromatic N) is 1. The monoisotopic (exact) mass is 258 g/mol. The molecule has 0 amide bonds. The van der Waals surface area contributed by atoms with E-state index in [1.165, 1.54) is 6.42 Å². The highest BCUT2D eigenvalue weighted by Crippen LogP contribution is 2.41. The Morgan fingerprint density at radius 3 is 2.31 bits per heavy atom. The van der Waals surface area contributed by atoms with E-state index in [-0.39, 0.29) is 0 Å². The van der Waals surface area contributed by atoms with Gasteiger partial charge in [0.15, 0.2) is 0 Å². The van der Waals surface area contributed by atoms with Gasteiger partial charge >= 0.3 is 0 Å². The Morgan fingerprint density at radius 1 is 1.38 bits per heavy atom. The average Bonchev–Trinajstić information content (AvgIpc) is 2.79. The summed E-state index contributed by atoms with van der Waals surface area (Å²) in [7, 11) is 2.02. The molecule has 0 heterocycles. The Morgan fingerprint density at radius 2 is 1.88 bits per heavy atom. The lowest BCUT2D eigenvalue weighted by Crippen LogP contribution is -2.21. The largest absolute Gasteiger partial charge is 0.399 e. The highest BCUT2D eigenvalue weighted by atomic mass is 35.5. The van der Waals surface area contributed by atoms with Crippen LogP contribution in [0.3, 0.4) is 0 Å². The zero-order chi connectivity index (χ0) is 11.9. The number of nitrogens with two attached hydrogens (primary N) is 1. The van der Waals surface area contributed by atoms with E-state index in [1.54, 1.807) is 12.1 Å². The highest BCUT2D eigenvalue weighted by molar-refractivity contribution is 6.39. The second kappa shape index (κ2) is 4.34. The van der Waals surface area contributed by atoms with Crippen LogP contribution in [-0.2, 0) is 0 Å². The number of hydrogen-bond acceptors (Lipinski definition) is 2. The molecule has 88 valence electrons. The topological polar surface area (TPSA) is 29.3 Å². The third kappa shape index (κ3) is 2.38. The highest BCUT2D eigenvalue weighted by Gasteiger charge is 2.33. The first-order chi connectivity index (χ1) is 7.49. The van der Waals surface area contributed by atoms with Crippen LogP contribution in [0.25, 0.3) is 0 Å². The van der Waals surface area contributed by atoms with Crippen molar-refractivity contribution < 1.29 is 0 Å². The van der Waals surface area contributed by atoms with Crippen molar-refractivity contribution in [2.75, 3.05) is 24.2 Å². The van der Waals surface area contributed by atoms with E-state index in [0.29, 0.717) is 15.7 Å². The van der Waals surface area contributed by atoms with Crippen molar-refractivity contribution in [3.8, 4) is 0 Å². The van der Waals surface area contributed by atoms with Crippen LogP contribution in [0.4, 0.5) is 11.4 Å². The summed E-state index contributed by atoms with van der Waals surface area (Å²) < 4.78 is 0. The van der Waals surface area contributed by atoms with Crippen LogP contribution in [-0.4, -0.2) is 13.6 Å². The van der Waals surface area contributed by atoms with E-state index in [2.05, 4.69) is 11.8 Å². The van der Waals surface area contributed by atoms with Crippen molar-refractivity contribution in [2.24, 2.45) is 11.8 Å². The van der Waals surface area contributed by atoms with Gasteiger partial charge in [-0.15, -0.1) is 0 Å². The zero-order valence-electron chi connectivity index (χ0n) is 9.50. The van der Waals surface area contributed by atoms with Gasteiger partial charge in [0.05, 0.1) is 15.7 Å². The molecule has 2 N–H and O–H groups in total. The van der Waals surface area contributed by atoms with Crippen LogP contribution >= 0.6 is 23.2 Å². The average molecular weight is 259 g/mol. The fourth-order valence-electron chi connectivity index (χ4n) is 2.05. The summed E-state index contributed by atoms with van der Waals surface area (Å²) in [4.78, 5) is 2.12. The molecule has 2 nitrogen and oxygen atoms in total. The second-order valence-corrected chi connectivity index (χ2v) is 5.50. The van der Waals surface area contributed by atoms with E-state index in [0.717, 1.165) is 24.1 Å². The van der Waals surface area contributed by atoms with Gasteiger partial charge in [-0.1, -0.05) is 30.1 Å². The van der Waals surface area contributed by atoms with Gasteiger partial charge in [-0.05, 0) is 30.4 Å². The van der Waals surface area contributed by atoms with Crippen LogP contribution in [0, 0.1) is 11.8 Å². The van der Waals surface area contributed by atoms with Crippen molar-refractivity contribution in [3.63, 3.8) is 0 Å². The van der Waals surface area contributed by atoms with Gasteiger partial charge in [0.2, 0.25) is 0 Å². The number of benzene rings is 1. The molecule has 1 aliphatic rings. The Kier molecular flexibility index (Phi) is 3.22. The fourth-order valence-corrected chi connectivity index (χ4v) is 2.84. The molecular formula is C12H16Cl2N2. The van der Waals surface area contributed by atoms with Gasteiger partial charge in [-0.25, -0.2) is 0 Å². The van der Waals surface area contributed by atoms with Crippen LogP contribution in [0.15, 0.2) is 12.1 Å². The number of halogens is 2. The van der Waals surface area contributed by atoms with Crippen molar-refractivity contribution in [3.05, 3.63) is 22.2 Å². The summed E-state index contributed by atoms with van der Waals surface area (Å²) in [5, 5.41) is 1.25. The van der Waals surface area contributed by atoms with Crippen LogP contribution in [0.2, 0.25) is 10.0 Å². The van der Waals surface area contributed by atoms with Crippen LogP contribution in [0.1, 0.15) is 13.3 Å². The molecule has 0 aromatic heterocycles. The van der Waals surface area contributed by atoms with Gasteiger partial charge in [-0.2, -0.15) is 0 Å². The standard InChI is InChI=1S/C12H16Cl2N2/c1-7-3-8(7)6-16(2)12-10(13)4-9(15)5-11(12)14/h4-5,7-8H,3,6,15H2,1-2H3. The number of nitrogen functional groups attached to an aromatic ring is 1. The molecule has 16 heavy (non-hydrogen) atoms. The molecule has 2 unspecified atom stereocenters. The summed E-state index contributed by atoms with van der Waals surface area (Å²) in [5.74, 6) is 1.60. The minimum absolute atomic E-state index is 0.604. The molecule has 1 aromatic carbocycles. The quantitative estimate of drug-likeness (QED) is 0.839. The molecular weight excluding hydrogens is 243 g/mol. The predicted molar refractivity (Wildman–Crippen MR) is 71.4 cm³/mol. The molecule has 2 atom stereocenters.